The fourth-order valence-corrected chi connectivity index (χ4v) is 11.9. The molecule has 3 atom stereocenters. The maximum absolute atomic E-state index is 14.7. The van der Waals surface area contributed by atoms with Crippen LogP contribution in [0.15, 0.2) is 64.2 Å². The number of benzene rings is 2. The second kappa shape index (κ2) is 21.0. The van der Waals surface area contributed by atoms with E-state index in [2.05, 4.69) is 42.7 Å². The van der Waals surface area contributed by atoms with E-state index >= 15 is 0 Å². The smallest absolute Gasteiger partial charge is 0.258 e. The van der Waals surface area contributed by atoms with Crippen LogP contribution in [0, 0.1) is 18.3 Å². The Morgan fingerprint density at radius 3 is 2.40 bits per heavy atom. The summed E-state index contributed by atoms with van der Waals surface area (Å²) >= 11 is 9.91. The molecular weight excluding hydrogens is 979 g/mol. The van der Waals surface area contributed by atoms with Crippen LogP contribution in [0.2, 0.25) is 5.02 Å². The van der Waals surface area contributed by atoms with E-state index < -0.39 is 47.0 Å². The highest BCUT2D eigenvalue weighted by Crippen LogP contribution is 2.42. The summed E-state index contributed by atoms with van der Waals surface area (Å²) in [7, 11) is 0. The van der Waals surface area contributed by atoms with E-state index in [1.165, 1.54) is 28.0 Å². The number of hydrogen-bond donors (Lipinski definition) is 5. The maximum atomic E-state index is 14.7. The number of aliphatic hydroxyl groups excluding tert-OH is 1. The van der Waals surface area contributed by atoms with E-state index in [0.717, 1.165) is 69.1 Å². The molecule has 72 heavy (non-hydrogen) atoms. The number of piperidine rings is 1. The Kier molecular flexibility index (Phi) is 15.1. The molecule has 9 rings (SSSR count). The lowest BCUT2D eigenvalue weighted by Gasteiger charge is -2.43. The fraction of sp³-hybridized carbons (Fsp3) is 0.558. The number of β-amino-alcohol motifs (C(OH)–C–C–N with tert-alkyl or cyclic N) is 1. The summed E-state index contributed by atoms with van der Waals surface area (Å²) in [5, 5.41) is 21.2. The number of ether oxygens (including phenoxy) is 1. The quantitative estimate of drug-likeness (QED) is 0.0822. The molecule has 0 bridgehead atoms. The average Bonchev–Trinajstić information content (AvgIpc) is 3.74. The number of nitrogens with zero attached hydrogens (tertiary/aromatic N) is 6. The minimum Gasteiger partial charge on any atom is -0.490 e. The lowest BCUT2D eigenvalue weighted by molar-refractivity contribution is -0.145. The number of hydrogen-bond acceptors (Lipinski definition) is 14. The zero-order chi connectivity index (χ0) is 51.1. The predicted octanol–water partition coefficient (Wildman–Crippen LogP) is 6.90. The van der Waals surface area contributed by atoms with Gasteiger partial charge < -0.3 is 46.2 Å². The van der Waals surface area contributed by atoms with Gasteiger partial charge in [0.05, 0.1) is 57.4 Å². The van der Waals surface area contributed by atoms with Gasteiger partial charge in [-0.1, -0.05) is 62.3 Å². The zero-order valence-electron chi connectivity index (χ0n) is 41.6. The first-order chi connectivity index (χ1) is 34.2. The monoisotopic (exact) mass is 1040 g/mol. The minimum absolute atomic E-state index is 0.0165. The Morgan fingerprint density at radius 2 is 1.75 bits per heavy atom. The summed E-state index contributed by atoms with van der Waals surface area (Å²) in [4.78, 5) is 75.6. The number of nitrogens with two attached hydrogens (primary N) is 1. The number of alkyl halides is 1. The number of nitrogens with one attached hydrogen (secondary N) is 3. The molecule has 2 aromatic heterocycles. The number of carbonyl (C=O) groups excluding carboxylic acids is 4. The Labute approximate surface area is 433 Å². The Morgan fingerprint density at radius 1 is 1.01 bits per heavy atom. The zero-order valence-corrected chi connectivity index (χ0v) is 44.0. The van der Waals surface area contributed by atoms with Crippen molar-refractivity contribution in [1.29, 1.82) is 0 Å². The number of amides is 4. The molecule has 0 unspecified atom stereocenters. The fourth-order valence-electron chi connectivity index (χ4n) is 9.97. The number of rotatable bonds is 15. The first-order valence-electron chi connectivity index (χ1n) is 25.1. The molecule has 2 saturated carbocycles. The van der Waals surface area contributed by atoms with Gasteiger partial charge in [-0.3, -0.25) is 19.2 Å². The number of carbonyl (C=O) groups is 4. The molecule has 4 aromatic rings. The van der Waals surface area contributed by atoms with Crippen LogP contribution in [0.3, 0.4) is 0 Å². The van der Waals surface area contributed by atoms with Crippen LogP contribution in [0.25, 0.3) is 10.4 Å². The van der Waals surface area contributed by atoms with Gasteiger partial charge in [0.1, 0.15) is 28.7 Å². The summed E-state index contributed by atoms with van der Waals surface area (Å²) in [6.45, 7) is 12.2. The molecule has 3 aliphatic heterocycles. The summed E-state index contributed by atoms with van der Waals surface area (Å²) in [6.07, 6.45) is 7.21. The summed E-state index contributed by atoms with van der Waals surface area (Å²) in [6, 6.07) is 9.68. The number of aromatic nitrogens is 3. The standard InChI is InChI=1S/C52H66ClFN10O6S2/c1-30-44(71-29-59-30)32-9-10-33(23-58-46(66)38-22-35(65)28-64(38)48(68)45(50(2,3)4)61-49(69)52(54)15-16-52)39(21-32)70-36-13-11-31(12-14-36)47(67)63-26-34(27-63)60-37-7-6-8-40(43(37)53)72-42-25-56-41(24-57-42)62-19-17-51(5,55)18-20-62/h6-10,21,24-25,29,31,34-36,38,45,60,65H,11-20,22-23,26-28,55H2,1-5H3,(H,58,66)(H,61,69)/t31?,35-,36?,38+,45-/m1/s1. The molecule has 0 radical (unpaired) electrons. The van der Waals surface area contributed by atoms with E-state index in [0.29, 0.717) is 49.5 Å². The molecule has 2 aromatic carbocycles. The van der Waals surface area contributed by atoms with Gasteiger partial charge in [-0.05, 0) is 94.4 Å². The second-order valence-electron chi connectivity index (χ2n) is 21.7. The third-order valence-corrected chi connectivity index (χ3v) is 17.2. The van der Waals surface area contributed by atoms with Crippen molar-refractivity contribution in [2.24, 2.45) is 17.1 Å². The van der Waals surface area contributed by atoms with Gasteiger partial charge in [0.15, 0.2) is 5.67 Å². The summed E-state index contributed by atoms with van der Waals surface area (Å²) < 4.78 is 21.4. The lowest BCUT2D eigenvalue weighted by Crippen LogP contribution is -2.59. The molecule has 0 spiro atoms. The Hall–Kier alpha value is -5.08. The molecule has 4 amide bonds. The van der Waals surface area contributed by atoms with Crippen LogP contribution in [0.5, 0.6) is 5.75 Å². The average molecular weight is 1050 g/mol. The molecule has 5 aliphatic rings. The molecule has 6 N–H and O–H groups in total. The van der Waals surface area contributed by atoms with Gasteiger partial charge in [0, 0.05) is 67.6 Å². The van der Waals surface area contributed by atoms with Gasteiger partial charge >= 0.3 is 0 Å². The number of aryl methyl sites for hydroxylation is 1. The van der Waals surface area contributed by atoms with Crippen LogP contribution in [-0.2, 0) is 25.7 Å². The summed E-state index contributed by atoms with van der Waals surface area (Å²) in [5.74, 6) is -0.368. The number of aliphatic hydroxyl groups is 1. The molecule has 5 heterocycles. The maximum Gasteiger partial charge on any atom is 0.258 e. The van der Waals surface area contributed by atoms with Crippen molar-refractivity contribution in [2.75, 3.05) is 42.9 Å². The van der Waals surface area contributed by atoms with Gasteiger partial charge in [-0.25, -0.2) is 19.3 Å². The van der Waals surface area contributed by atoms with E-state index in [9.17, 15) is 28.7 Å². The van der Waals surface area contributed by atoms with Crippen LogP contribution < -0.4 is 31.3 Å². The molecule has 2 aliphatic carbocycles. The SMILES string of the molecule is Cc1ncsc1-c1ccc(CNC(=O)[C@@H]2C[C@@H](O)CN2C(=O)[C@@H](NC(=O)C2(F)CC2)C(C)(C)C)c(OC2CCC(C(=O)N3CC(Nc4cccc(Sc5cnc(N6CCC(C)(N)CC6)cn5)c4Cl)C3)CC2)c1. The number of halogens is 2. The van der Waals surface area contributed by atoms with Crippen LogP contribution in [-0.4, -0.2) is 128 Å². The Balaban J connectivity index is 0.777. The Bertz CT molecular complexity index is 2640. The molecule has 3 saturated heterocycles. The lowest BCUT2D eigenvalue weighted by atomic mass is 9.85. The molecule has 20 heteroatoms. The van der Waals surface area contributed by atoms with Crippen molar-refractivity contribution >= 4 is 69.8 Å². The van der Waals surface area contributed by atoms with Crippen LogP contribution in [0.4, 0.5) is 15.9 Å². The third-order valence-electron chi connectivity index (χ3n) is 14.8. The van der Waals surface area contributed by atoms with Crippen molar-refractivity contribution < 1.29 is 33.4 Å². The van der Waals surface area contributed by atoms with Gasteiger partial charge in [0.2, 0.25) is 17.7 Å². The first kappa shape index (κ1) is 51.8. The normalized spacial score (nSPS) is 23.2. The van der Waals surface area contributed by atoms with Crippen molar-refractivity contribution in [2.45, 2.75) is 150 Å². The highest BCUT2D eigenvalue weighted by atomic mass is 35.5. The topological polar surface area (TPSA) is 208 Å². The molecule has 386 valence electrons. The minimum atomic E-state index is -1.98. The molecule has 5 fully saturated rings. The second-order valence-corrected chi connectivity index (χ2v) is 24.0. The predicted molar refractivity (Wildman–Crippen MR) is 277 cm³/mol. The van der Waals surface area contributed by atoms with Gasteiger partial charge in [0.25, 0.3) is 5.91 Å². The van der Waals surface area contributed by atoms with Crippen molar-refractivity contribution in [3.8, 4) is 16.2 Å². The first-order valence-corrected chi connectivity index (χ1v) is 27.1. The molecular formula is C52H66ClFN10O6S2. The van der Waals surface area contributed by atoms with Crippen molar-refractivity contribution in [3.05, 3.63) is 70.6 Å². The highest BCUT2D eigenvalue weighted by Gasteiger charge is 2.53. The van der Waals surface area contributed by atoms with E-state index in [1.54, 1.807) is 32.5 Å². The number of likely N-dealkylation sites (tertiary alicyclic amines) is 2. The summed E-state index contributed by atoms with van der Waals surface area (Å²) in [5.41, 5.74) is 8.54. The number of thiazole rings is 1. The van der Waals surface area contributed by atoms with E-state index in [-0.39, 0.29) is 61.9 Å². The van der Waals surface area contributed by atoms with Crippen LogP contribution >= 0.6 is 34.7 Å². The molecule has 16 nitrogen and oxygen atoms in total. The van der Waals surface area contributed by atoms with E-state index in [1.807, 2.05) is 54.4 Å². The third kappa shape index (κ3) is 11.8. The highest BCUT2D eigenvalue weighted by molar-refractivity contribution is 7.99. The number of anilines is 2. The van der Waals surface area contributed by atoms with Crippen LogP contribution in [0.1, 0.15) is 96.7 Å². The van der Waals surface area contributed by atoms with E-state index in [4.69, 9.17) is 22.1 Å². The van der Waals surface area contributed by atoms with Crippen molar-refractivity contribution in [1.82, 2.24) is 35.4 Å². The largest absolute Gasteiger partial charge is 0.490 e. The van der Waals surface area contributed by atoms with Gasteiger partial charge in [-0.2, -0.15) is 0 Å². The van der Waals surface area contributed by atoms with Crippen molar-refractivity contribution in [3.63, 3.8) is 0 Å². The van der Waals surface area contributed by atoms with Gasteiger partial charge in [-0.15, -0.1) is 11.3 Å².